The summed E-state index contributed by atoms with van der Waals surface area (Å²) < 4.78 is 10.9. The lowest BCUT2D eigenvalue weighted by Crippen LogP contribution is -2.43. The van der Waals surface area contributed by atoms with E-state index in [1.165, 1.54) is 19.1 Å². The lowest BCUT2D eigenvalue weighted by molar-refractivity contribution is -0.145. The van der Waals surface area contributed by atoms with Gasteiger partial charge in [-0.1, -0.05) is 49.5 Å². The molecule has 1 unspecified atom stereocenters. The summed E-state index contributed by atoms with van der Waals surface area (Å²) in [6.45, 7) is 1.87. The van der Waals surface area contributed by atoms with Crippen LogP contribution in [0.5, 0.6) is 11.5 Å². The van der Waals surface area contributed by atoms with Crippen LogP contribution in [0.25, 0.3) is 6.08 Å². The first-order valence-corrected chi connectivity index (χ1v) is 8.87. The molecule has 1 aliphatic rings. The third-order valence-corrected chi connectivity index (χ3v) is 5.03. The molecular formula is C17H19NO5S2. The summed E-state index contributed by atoms with van der Waals surface area (Å²) in [5.74, 6) is -0.418. The first kappa shape index (κ1) is 19.3. The summed E-state index contributed by atoms with van der Waals surface area (Å²) >= 11 is 6.33. The van der Waals surface area contributed by atoms with Crippen molar-refractivity contribution in [2.45, 2.75) is 25.8 Å². The zero-order valence-corrected chi connectivity index (χ0v) is 15.8. The zero-order valence-electron chi connectivity index (χ0n) is 14.1. The minimum Gasteiger partial charge on any atom is -0.493 e. The van der Waals surface area contributed by atoms with E-state index in [0.29, 0.717) is 34.8 Å². The Balaban J connectivity index is 2.39. The Labute approximate surface area is 155 Å². The number of ether oxygens (including phenoxy) is 2. The smallest absolute Gasteiger partial charge is 0.326 e. The lowest BCUT2D eigenvalue weighted by Gasteiger charge is -2.22. The number of hydrogen-bond donors (Lipinski definition) is 1. The van der Waals surface area contributed by atoms with Crippen LogP contribution in [-0.2, 0) is 9.59 Å². The molecule has 0 aromatic heterocycles. The van der Waals surface area contributed by atoms with Gasteiger partial charge >= 0.3 is 5.97 Å². The molecule has 1 fully saturated rings. The number of carboxylic acids is 1. The fraction of sp³-hybridized carbons (Fsp3) is 0.353. The van der Waals surface area contributed by atoms with Gasteiger partial charge in [0.05, 0.1) is 19.1 Å². The SMILES string of the molecule is CCCC(C(=O)O)N1C(=O)C(=Cc2cccc(OC)c2OC)SC1=S. The van der Waals surface area contributed by atoms with Crippen molar-refractivity contribution < 1.29 is 24.2 Å². The van der Waals surface area contributed by atoms with Crippen molar-refractivity contribution in [1.29, 1.82) is 0 Å². The Morgan fingerprint density at radius 2 is 2.12 bits per heavy atom. The van der Waals surface area contributed by atoms with Crippen molar-refractivity contribution in [3.63, 3.8) is 0 Å². The maximum atomic E-state index is 12.7. The number of para-hydroxylation sites is 1. The van der Waals surface area contributed by atoms with Crippen molar-refractivity contribution in [3.05, 3.63) is 28.7 Å². The molecule has 25 heavy (non-hydrogen) atoms. The standard InChI is InChI=1S/C17H19NO5S2/c1-4-6-11(16(20)21)18-15(19)13(25-17(18)24)9-10-7-5-8-12(22-2)14(10)23-3/h5,7-9,11H,4,6H2,1-3H3,(H,20,21). The van der Waals surface area contributed by atoms with Crippen molar-refractivity contribution in [2.75, 3.05) is 14.2 Å². The predicted molar refractivity (Wildman–Crippen MR) is 101 cm³/mol. The molecule has 8 heteroatoms. The molecule has 0 saturated carbocycles. The topological polar surface area (TPSA) is 76.1 Å². The Kier molecular flexibility index (Phi) is 6.44. The Bertz CT molecular complexity index is 732. The number of amides is 1. The van der Waals surface area contributed by atoms with E-state index in [4.69, 9.17) is 21.7 Å². The maximum Gasteiger partial charge on any atom is 0.326 e. The van der Waals surface area contributed by atoms with E-state index in [-0.39, 0.29) is 4.32 Å². The average Bonchev–Trinajstić information content (AvgIpc) is 2.86. The van der Waals surface area contributed by atoms with E-state index in [9.17, 15) is 14.7 Å². The number of benzene rings is 1. The molecule has 1 aromatic carbocycles. The van der Waals surface area contributed by atoms with Gasteiger partial charge in [0.15, 0.2) is 11.5 Å². The van der Waals surface area contributed by atoms with Crippen LogP contribution in [0, 0.1) is 0 Å². The van der Waals surface area contributed by atoms with Gasteiger partial charge in [-0.2, -0.15) is 0 Å². The van der Waals surface area contributed by atoms with E-state index in [1.54, 1.807) is 24.3 Å². The minimum absolute atomic E-state index is 0.249. The van der Waals surface area contributed by atoms with Crippen LogP contribution >= 0.6 is 24.0 Å². The van der Waals surface area contributed by atoms with Crippen molar-refractivity contribution in [1.82, 2.24) is 4.90 Å². The molecule has 134 valence electrons. The third-order valence-electron chi connectivity index (χ3n) is 3.70. The first-order chi connectivity index (χ1) is 11.9. The summed E-state index contributed by atoms with van der Waals surface area (Å²) in [6.07, 6.45) is 2.62. The van der Waals surface area contributed by atoms with Crippen LogP contribution in [0.4, 0.5) is 0 Å². The number of carbonyl (C=O) groups excluding carboxylic acids is 1. The van der Waals surface area contributed by atoms with Gasteiger partial charge in [0, 0.05) is 5.56 Å². The quantitative estimate of drug-likeness (QED) is 0.574. The highest BCUT2D eigenvalue weighted by Gasteiger charge is 2.40. The molecule has 0 spiro atoms. The van der Waals surface area contributed by atoms with Gasteiger partial charge in [-0.3, -0.25) is 9.69 Å². The van der Waals surface area contributed by atoms with E-state index in [1.807, 2.05) is 6.92 Å². The average molecular weight is 381 g/mol. The van der Waals surface area contributed by atoms with Gasteiger partial charge in [-0.15, -0.1) is 0 Å². The molecule has 0 bridgehead atoms. The highest BCUT2D eigenvalue weighted by molar-refractivity contribution is 8.26. The number of hydrogen-bond acceptors (Lipinski definition) is 6. The summed E-state index contributed by atoms with van der Waals surface area (Å²) in [7, 11) is 3.05. The molecule has 1 saturated heterocycles. The van der Waals surface area contributed by atoms with Crippen molar-refractivity contribution in [2.24, 2.45) is 0 Å². The molecule has 1 amide bonds. The van der Waals surface area contributed by atoms with Crippen LogP contribution in [-0.4, -0.2) is 46.5 Å². The van der Waals surface area contributed by atoms with Crippen LogP contribution in [0.3, 0.4) is 0 Å². The molecule has 1 atom stereocenters. The van der Waals surface area contributed by atoms with Gasteiger partial charge in [0.2, 0.25) is 0 Å². The second kappa shape index (κ2) is 8.35. The van der Waals surface area contributed by atoms with Crippen LogP contribution in [0.15, 0.2) is 23.1 Å². The molecule has 0 aliphatic carbocycles. The summed E-state index contributed by atoms with van der Waals surface area (Å²) in [5, 5.41) is 9.41. The highest BCUT2D eigenvalue weighted by Crippen LogP contribution is 2.38. The van der Waals surface area contributed by atoms with E-state index in [2.05, 4.69) is 0 Å². The van der Waals surface area contributed by atoms with E-state index < -0.39 is 17.9 Å². The molecular weight excluding hydrogens is 362 g/mol. The van der Waals surface area contributed by atoms with Gasteiger partial charge in [-0.05, 0) is 18.6 Å². The molecule has 0 radical (unpaired) electrons. The van der Waals surface area contributed by atoms with Gasteiger partial charge in [0.25, 0.3) is 5.91 Å². The second-order valence-corrected chi connectivity index (χ2v) is 6.95. The first-order valence-electron chi connectivity index (χ1n) is 7.65. The zero-order chi connectivity index (χ0) is 18.6. The molecule has 1 aliphatic heterocycles. The number of aliphatic carboxylic acids is 1. The monoisotopic (exact) mass is 381 g/mol. The number of rotatable bonds is 7. The van der Waals surface area contributed by atoms with Crippen LogP contribution < -0.4 is 9.47 Å². The lowest BCUT2D eigenvalue weighted by atomic mass is 10.1. The Morgan fingerprint density at radius 3 is 2.68 bits per heavy atom. The molecule has 2 rings (SSSR count). The van der Waals surface area contributed by atoms with Gasteiger partial charge in [-0.25, -0.2) is 4.79 Å². The largest absolute Gasteiger partial charge is 0.493 e. The van der Waals surface area contributed by atoms with Gasteiger partial charge < -0.3 is 14.6 Å². The number of nitrogens with zero attached hydrogens (tertiary/aromatic N) is 1. The summed E-state index contributed by atoms with van der Waals surface area (Å²) in [4.78, 5) is 25.8. The fourth-order valence-electron chi connectivity index (χ4n) is 2.55. The molecule has 6 nitrogen and oxygen atoms in total. The van der Waals surface area contributed by atoms with E-state index >= 15 is 0 Å². The van der Waals surface area contributed by atoms with Gasteiger partial charge in [0.1, 0.15) is 10.4 Å². The number of thiocarbonyl (C=S) groups is 1. The minimum atomic E-state index is -1.06. The van der Waals surface area contributed by atoms with Crippen LogP contribution in [0.1, 0.15) is 25.3 Å². The molecule has 1 heterocycles. The number of thioether (sulfide) groups is 1. The van der Waals surface area contributed by atoms with Crippen LogP contribution in [0.2, 0.25) is 0 Å². The second-order valence-electron chi connectivity index (χ2n) is 5.28. The summed E-state index contributed by atoms with van der Waals surface area (Å²) in [5.41, 5.74) is 0.657. The molecule has 1 aromatic rings. The van der Waals surface area contributed by atoms with Crippen molar-refractivity contribution >= 4 is 46.3 Å². The number of carbonyl (C=O) groups is 2. The Morgan fingerprint density at radius 1 is 1.40 bits per heavy atom. The van der Waals surface area contributed by atoms with Crippen molar-refractivity contribution in [3.8, 4) is 11.5 Å². The summed E-state index contributed by atoms with van der Waals surface area (Å²) in [6, 6.07) is 4.37. The van der Waals surface area contributed by atoms with E-state index in [0.717, 1.165) is 11.8 Å². The Hall–Kier alpha value is -2.06. The highest BCUT2D eigenvalue weighted by atomic mass is 32.2. The number of methoxy groups -OCH3 is 2. The number of carboxylic acid groups (broad SMARTS) is 1. The molecule has 1 N–H and O–H groups in total. The third kappa shape index (κ3) is 3.96. The normalized spacial score (nSPS) is 17.1. The fourth-order valence-corrected chi connectivity index (χ4v) is 3.90. The predicted octanol–water partition coefficient (Wildman–Crippen LogP) is 3.16. The maximum absolute atomic E-state index is 12.7.